The Morgan fingerprint density at radius 3 is 2.50 bits per heavy atom. The quantitative estimate of drug-likeness (QED) is 0.574. The third kappa shape index (κ3) is 5.36. The highest BCUT2D eigenvalue weighted by Crippen LogP contribution is 2.21. The van der Waals surface area contributed by atoms with Crippen LogP contribution in [0.5, 0.6) is 0 Å². The van der Waals surface area contributed by atoms with Crippen molar-refractivity contribution in [2.24, 2.45) is 5.92 Å². The molecule has 0 radical (unpaired) electrons. The molecule has 0 bridgehead atoms. The van der Waals surface area contributed by atoms with Crippen molar-refractivity contribution in [2.75, 3.05) is 18.8 Å². The van der Waals surface area contributed by atoms with Gasteiger partial charge in [0.15, 0.2) is 0 Å². The van der Waals surface area contributed by atoms with E-state index in [-0.39, 0.29) is 17.7 Å². The van der Waals surface area contributed by atoms with Gasteiger partial charge in [-0.2, -0.15) is 0 Å². The number of thioether (sulfide) groups is 1. The summed E-state index contributed by atoms with van der Waals surface area (Å²) in [6.45, 7) is 1.75. The van der Waals surface area contributed by atoms with Crippen LogP contribution in [0.4, 0.5) is 0 Å². The highest BCUT2D eigenvalue weighted by molar-refractivity contribution is 7.99. The standard InChI is InChI=1S/C21H24N2O2S/c24-20-14-18(16-23(20)15-17-8-3-1-4-9-17)21(25)22-12-7-13-26-19-10-5-2-6-11-19/h1-6,8-11,18H,7,12-16H2,(H,22,25)/t18-/m0/s1. The number of likely N-dealkylation sites (tertiary alicyclic amines) is 1. The molecule has 5 heteroatoms. The minimum absolute atomic E-state index is 0.00128. The fraction of sp³-hybridized carbons (Fsp3) is 0.333. The van der Waals surface area contributed by atoms with Crippen LogP contribution < -0.4 is 5.32 Å². The summed E-state index contributed by atoms with van der Waals surface area (Å²) in [5, 5.41) is 2.98. The van der Waals surface area contributed by atoms with Crippen LogP contribution in [0, 0.1) is 5.92 Å². The van der Waals surface area contributed by atoms with Crippen molar-refractivity contribution >= 4 is 23.6 Å². The van der Waals surface area contributed by atoms with Crippen molar-refractivity contribution in [1.82, 2.24) is 10.2 Å². The lowest BCUT2D eigenvalue weighted by molar-refractivity contribution is -0.129. The molecule has 1 aliphatic rings. The minimum Gasteiger partial charge on any atom is -0.356 e. The Bertz CT molecular complexity index is 721. The van der Waals surface area contributed by atoms with Gasteiger partial charge < -0.3 is 10.2 Å². The Kier molecular flexibility index (Phi) is 6.72. The SMILES string of the molecule is O=C(NCCCSc1ccccc1)[C@H]1CC(=O)N(Cc2ccccc2)C1. The number of nitrogens with one attached hydrogen (secondary N) is 1. The molecule has 26 heavy (non-hydrogen) atoms. The first-order valence-electron chi connectivity index (χ1n) is 8.99. The minimum atomic E-state index is -0.229. The number of benzene rings is 2. The lowest BCUT2D eigenvalue weighted by Crippen LogP contribution is -2.33. The number of nitrogens with zero attached hydrogens (tertiary/aromatic N) is 1. The molecule has 136 valence electrons. The number of rotatable bonds is 8. The van der Waals surface area contributed by atoms with Crippen LogP contribution in [-0.4, -0.2) is 35.6 Å². The fourth-order valence-electron chi connectivity index (χ4n) is 3.04. The van der Waals surface area contributed by atoms with E-state index in [1.165, 1.54) is 4.90 Å². The van der Waals surface area contributed by atoms with Gasteiger partial charge in [-0.05, 0) is 29.9 Å². The zero-order valence-electron chi connectivity index (χ0n) is 14.8. The number of amides is 2. The molecule has 1 fully saturated rings. The van der Waals surface area contributed by atoms with Crippen molar-refractivity contribution < 1.29 is 9.59 Å². The van der Waals surface area contributed by atoms with Crippen LogP contribution in [0.15, 0.2) is 65.6 Å². The first kappa shape index (κ1) is 18.5. The van der Waals surface area contributed by atoms with Gasteiger partial charge in [0.1, 0.15) is 0 Å². The van der Waals surface area contributed by atoms with Gasteiger partial charge in [0.25, 0.3) is 0 Å². The smallest absolute Gasteiger partial charge is 0.225 e. The Labute approximate surface area is 159 Å². The van der Waals surface area contributed by atoms with E-state index >= 15 is 0 Å². The van der Waals surface area contributed by atoms with Gasteiger partial charge in [-0.15, -0.1) is 11.8 Å². The zero-order chi connectivity index (χ0) is 18.2. The van der Waals surface area contributed by atoms with Crippen LogP contribution >= 0.6 is 11.8 Å². The lowest BCUT2D eigenvalue weighted by atomic mass is 10.1. The molecule has 1 aliphatic heterocycles. The van der Waals surface area contributed by atoms with E-state index in [2.05, 4.69) is 17.4 Å². The van der Waals surface area contributed by atoms with Crippen molar-refractivity contribution in [1.29, 1.82) is 0 Å². The van der Waals surface area contributed by atoms with Crippen molar-refractivity contribution in [2.45, 2.75) is 24.3 Å². The van der Waals surface area contributed by atoms with Gasteiger partial charge in [0, 0.05) is 31.0 Å². The maximum atomic E-state index is 12.3. The van der Waals surface area contributed by atoms with Gasteiger partial charge in [-0.1, -0.05) is 48.5 Å². The average Bonchev–Trinajstić information content (AvgIpc) is 3.03. The monoisotopic (exact) mass is 368 g/mol. The summed E-state index contributed by atoms with van der Waals surface area (Å²) in [6, 6.07) is 20.2. The number of hydrogen-bond donors (Lipinski definition) is 1. The summed E-state index contributed by atoms with van der Waals surface area (Å²) in [5.74, 6) is 0.800. The fourth-order valence-corrected chi connectivity index (χ4v) is 3.91. The highest BCUT2D eigenvalue weighted by Gasteiger charge is 2.33. The van der Waals surface area contributed by atoms with E-state index in [0.29, 0.717) is 26.1 Å². The average molecular weight is 369 g/mol. The Morgan fingerprint density at radius 2 is 1.77 bits per heavy atom. The summed E-state index contributed by atoms with van der Waals surface area (Å²) in [5.41, 5.74) is 1.10. The predicted molar refractivity (Wildman–Crippen MR) is 105 cm³/mol. The molecule has 0 spiro atoms. The molecule has 1 atom stereocenters. The third-order valence-corrected chi connectivity index (χ3v) is 5.53. The summed E-state index contributed by atoms with van der Waals surface area (Å²) in [6.07, 6.45) is 1.23. The molecule has 1 heterocycles. The van der Waals surface area contributed by atoms with E-state index < -0.39 is 0 Å². The van der Waals surface area contributed by atoms with Crippen molar-refractivity contribution in [3.63, 3.8) is 0 Å². The van der Waals surface area contributed by atoms with Crippen LogP contribution in [0.3, 0.4) is 0 Å². The third-order valence-electron chi connectivity index (χ3n) is 4.43. The van der Waals surface area contributed by atoms with E-state index in [1.54, 1.807) is 16.7 Å². The van der Waals surface area contributed by atoms with Crippen LogP contribution in [0.2, 0.25) is 0 Å². The largest absolute Gasteiger partial charge is 0.356 e. The van der Waals surface area contributed by atoms with Crippen LogP contribution in [0.1, 0.15) is 18.4 Å². The molecule has 4 nitrogen and oxygen atoms in total. The number of carbonyl (C=O) groups excluding carboxylic acids is 2. The van der Waals surface area contributed by atoms with E-state index in [4.69, 9.17) is 0 Å². The second-order valence-electron chi connectivity index (χ2n) is 6.47. The number of carbonyl (C=O) groups is 2. The Hall–Kier alpha value is -2.27. The van der Waals surface area contributed by atoms with E-state index in [1.807, 2.05) is 48.5 Å². The van der Waals surface area contributed by atoms with Crippen LogP contribution in [-0.2, 0) is 16.1 Å². The molecule has 0 aliphatic carbocycles. The van der Waals surface area contributed by atoms with Gasteiger partial charge in [-0.25, -0.2) is 0 Å². The molecule has 1 N–H and O–H groups in total. The molecule has 2 aromatic rings. The van der Waals surface area contributed by atoms with Gasteiger partial charge in [-0.3, -0.25) is 9.59 Å². The molecular formula is C21H24N2O2S. The molecule has 0 aromatic heterocycles. The maximum Gasteiger partial charge on any atom is 0.225 e. The molecule has 0 saturated carbocycles. The molecular weight excluding hydrogens is 344 g/mol. The topological polar surface area (TPSA) is 49.4 Å². The van der Waals surface area contributed by atoms with Gasteiger partial charge in [0.05, 0.1) is 5.92 Å². The first-order chi connectivity index (χ1) is 12.7. The summed E-state index contributed by atoms with van der Waals surface area (Å²) in [4.78, 5) is 27.5. The predicted octanol–water partition coefficient (Wildman–Crippen LogP) is 3.33. The van der Waals surface area contributed by atoms with Crippen molar-refractivity contribution in [3.8, 4) is 0 Å². The molecule has 1 saturated heterocycles. The zero-order valence-corrected chi connectivity index (χ0v) is 15.6. The van der Waals surface area contributed by atoms with Gasteiger partial charge in [0.2, 0.25) is 11.8 Å². The lowest BCUT2D eigenvalue weighted by Gasteiger charge is -2.16. The molecule has 3 rings (SSSR count). The summed E-state index contributed by atoms with van der Waals surface area (Å²) < 4.78 is 0. The molecule has 2 amide bonds. The number of hydrogen-bond acceptors (Lipinski definition) is 3. The maximum absolute atomic E-state index is 12.3. The summed E-state index contributed by atoms with van der Waals surface area (Å²) >= 11 is 1.79. The highest BCUT2D eigenvalue weighted by atomic mass is 32.2. The Balaban J connectivity index is 1.36. The molecule has 2 aromatic carbocycles. The summed E-state index contributed by atoms with van der Waals surface area (Å²) in [7, 11) is 0. The van der Waals surface area contributed by atoms with Crippen molar-refractivity contribution in [3.05, 3.63) is 66.2 Å². The van der Waals surface area contributed by atoms with E-state index in [9.17, 15) is 9.59 Å². The normalized spacial score (nSPS) is 16.7. The Morgan fingerprint density at radius 1 is 1.08 bits per heavy atom. The van der Waals surface area contributed by atoms with Gasteiger partial charge >= 0.3 is 0 Å². The molecule has 0 unspecified atom stereocenters. The van der Waals surface area contributed by atoms with Crippen LogP contribution in [0.25, 0.3) is 0 Å². The van der Waals surface area contributed by atoms with E-state index in [0.717, 1.165) is 17.7 Å². The first-order valence-corrected chi connectivity index (χ1v) is 9.98. The second-order valence-corrected chi connectivity index (χ2v) is 7.64. The second kappa shape index (κ2) is 9.43.